The summed E-state index contributed by atoms with van der Waals surface area (Å²) in [6, 6.07) is 8.01. The third-order valence-corrected chi connectivity index (χ3v) is 4.43. The lowest BCUT2D eigenvalue weighted by Crippen LogP contribution is -2.03. The van der Waals surface area contributed by atoms with Crippen LogP contribution in [0.1, 0.15) is 27.6 Å². The molecule has 1 atom stereocenters. The van der Waals surface area contributed by atoms with Crippen molar-refractivity contribution in [3.05, 3.63) is 63.4 Å². The Morgan fingerprint density at radius 1 is 1.24 bits per heavy atom. The predicted molar refractivity (Wildman–Crippen MR) is 82.6 cm³/mol. The van der Waals surface area contributed by atoms with Gasteiger partial charge in [0.25, 0.3) is 0 Å². The molecule has 3 rings (SSSR count). The molecule has 1 amide bonds. The number of amides is 1. The van der Waals surface area contributed by atoms with Gasteiger partial charge in [-0.05, 0) is 53.4 Å². The van der Waals surface area contributed by atoms with Gasteiger partial charge in [0.1, 0.15) is 5.82 Å². The van der Waals surface area contributed by atoms with E-state index < -0.39 is 5.38 Å². The van der Waals surface area contributed by atoms with Crippen LogP contribution in [0.15, 0.2) is 30.3 Å². The lowest BCUT2D eigenvalue weighted by atomic mass is 9.97. The molecular weight excluding hydrogens is 312 g/mol. The van der Waals surface area contributed by atoms with Crippen molar-refractivity contribution in [2.45, 2.75) is 18.7 Å². The molecule has 1 heterocycles. The Morgan fingerprint density at radius 2 is 2.00 bits per heavy atom. The summed E-state index contributed by atoms with van der Waals surface area (Å²) in [5.41, 5.74) is 3.83. The van der Waals surface area contributed by atoms with Crippen molar-refractivity contribution in [2.75, 3.05) is 5.32 Å². The van der Waals surface area contributed by atoms with Gasteiger partial charge >= 0.3 is 0 Å². The van der Waals surface area contributed by atoms with Gasteiger partial charge < -0.3 is 5.32 Å². The Morgan fingerprint density at radius 3 is 2.76 bits per heavy atom. The van der Waals surface area contributed by atoms with Gasteiger partial charge in [0, 0.05) is 10.7 Å². The van der Waals surface area contributed by atoms with Crippen molar-refractivity contribution in [2.24, 2.45) is 0 Å². The topological polar surface area (TPSA) is 29.1 Å². The van der Waals surface area contributed by atoms with E-state index in [1.165, 1.54) is 12.1 Å². The van der Waals surface area contributed by atoms with E-state index in [1.54, 1.807) is 12.1 Å². The van der Waals surface area contributed by atoms with E-state index in [0.717, 1.165) is 11.1 Å². The highest BCUT2D eigenvalue weighted by Gasteiger charge is 2.23. The fraction of sp³-hybridized carbons (Fsp3) is 0.188. The average Bonchev–Trinajstić information content (AvgIpc) is 2.79. The summed E-state index contributed by atoms with van der Waals surface area (Å²) in [4.78, 5) is 11.4. The van der Waals surface area contributed by atoms with Crippen LogP contribution < -0.4 is 5.32 Å². The van der Waals surface area contributed by atoms with E-state index in [9.17, 15) is 9.18 Å². The molecule has 0 saturated heterocycles. The van der Waals surface area contributed by atoms with Crippen LogP contribution in [0.5, 0.6) is 0 Å². The van der Waals surface area contributed by atoms with Crippen LogP contribution in [0, 0.1) is 12.7 Å². The standard InChI is InChI=1S/C16H12Cl2FNO/c1-8-2-3-10(19)6-11(8)16(18)12-4-9-5-15(21)20-14(9)7-13(12)17/h2-4,6-7,16H,5H2,1H3,(H,20,21). The van der Waals surface area contributed by atoms with E-state index in [2.05, 4.69) is 5.32 Å². The number of hydrogen-bond donors (Lipinski definition) is 1. The number of halogens is 3. The molecule has 0 bridgehead atoms. The quantitative estimate of drug-likeness (QED) is 0.803. The molecule has 2 nitrogen and oxygen atoms in total. The molecule has 0 fully saturated rings. The molecule has 1 aliphatic rings. The SMILES string of the molecule is Cc1ccc(F)cc1C(Cl)c1cc2c(cc1Cl)NC(=O)C2. The minimum absolute atomic E-state index is 0.0636. The number of fused-ring (bicyclic) bond motifs is 1. The van der Waals surface area contributed by atoms with Gasteiger partial charge in [-0.15, -0.1) is 11.6 Å². The summed E-state index contributed by atoms with van der Waals surface area (Å²) in [5, 5.41) is 2.64. The van der Waals surface area contributed by atoms with Crippen LogP contribution in [0.4, 0.5) is 10.1 Å². The lowest BCUT2D eigenvalue weighted by molar-refractivity contribution is -0.115. The van der Waals surface area contributed by atoms with Gasteiger partial charge in [0.2, 0.25) is 5.91 Å². The summed E-state index contributed by atoms with van der Waals surface area (Å²) < 4.78 is 13.4. The number of carbonyl (C=O) groups excluding carboxylic acids is 1. The number of anilines is 1. The highest BCUT2D eigenvalue weighted by Crippen LogP contribution is 2.39. The summed E-state index contributed by atoms with van der Waals surface area (Å²) >= 11 is 12.8. The molecule has 0 aliphatic carbocycles. The lowest BCUT2D eigenvalue weighted by Gasteiger charge is -2.16. The molecular formula is C16H12Cl2FNO. The molecule has 0 saturated carbocycles. The molecule has 2 aromatic rings. The van der Waals surface area contributed by atoms with Crippen molar-refractivity contribution in [1.29, 1.82) is 0 Å². The average molecular weight is 324 g/mol. The maximum Gasteiger partial charge on any atom is 0.228 e. The van der Waals surface area contributed by atoms with Crippen molar-refractivity contribution in [3.63, 3.8) is 0 Å². The molecule has 1 aliphatic heterocycles. The fourth-order valence-electron chi connectivity index (χ4n) is 2.51. The Bertz CT molecular complexity index is 745. The highest BCUT2D eigenvalue weighted by atomic mass is 35.5. The van der Waals surface area contributed by atoms with Crippen molar-refractivity contribution >= 4 is 34.8 Å². The van der Waals surface area contributed by atoms with Crippen molar-refractivity contribution < 1.29 is 9.18 Å². The van der Waals surface area contributed by atoms with Crippen LogP contribution in [-0.4, -0.2) is 5.91 Å². The number of rotatable bonds is 2. The van der Waals surface area contributed by atoms with Crippen molar-refractivity contribution in [1.82, 2.24) is 0 Å². The third kappa shape index (κ3) is 2.63. The van der Waals surface area contributed by atoms with Gasteiger partial charge in [-0.25, -0.2) is 4.39 Å². The van der Waals surface area contributed by atoms with Crippen LogP contribution >= 0.6 is 23.2 Å². The molecule has 0 radical (unpaired) electrons. The van der Waals surface area contributed by atoms with Gasteiger partial charge in [0.05, 0.1) is 11.8 Å². The first-order valence-corrected chi connectivity index (χ1v) is 7.29. The van der Waals surface area contributed by atoms with Gasteiger partial charge in [-0.2, -0.15) is 0 Å². The van der Waals surface area contributed by atoms with E-state index in [0.29, 0.717) is 28.3 Å². The first kappa shape index (κ1) is 14.4. The molecule has 1 unspecified atom stereocenters. The van der Waals surface area contributed by atoms with Crippen molar-refractivity contribution in [3.8, 4) is 0 Å². The minimum Gasteiger partial charge on any atom is -0.325 e. The summed E-state index contributed by atoms with van der Waals surface area (Å²) in [5.74, 6) is -0.401. The fourth-order valence-corrected chi connectivity index (χ4v) is 3.26. The van der Waals surface area contributed by atoms with E-state index in [4.69, 9.17) is 23.2 Å². The molecule has 5 heteroatoms. The first-order chi connectivity index (χ1) is 9.95. The summed E-state index contributed by atoms with van der Waals surface area (Å²) in [7, 11) is 0. The van der Waals surface area contributed by atoms with Gasteiger partial charge in [-0.1, -0.05) is 17.7 Å². The van der Waals surface area contributed by atoms with Crippen LogP contribution in [-0.2, 0) is 11.2 Å². The smallest absolute Gasteiger partial charge is 0.228 e. The number of alkyl halides is 1. The number of hydrogen-bond acceptors (Lipinski definition) is 1. The van der Waals surface area contributed by atoms with Gasteiger partial charge in [0.15, 0.2) is 0 Å². The molecule has 21 heavy (non-hydrogen) atoms. The Kier molecular flexibility index (Phi) is 3.64. The van der Waals surface area contributed by atoms with E-state index in [-0.39, 0.29) is 11.7 Å². The molecule has 108 valence electrons. The normalized spacial score (nSPS) is 14.8. The van der Waals surface area contributed by atoms with Crippen LogP contribution in [0.2, 0.25) is 5.02 Å². The maximum atomic E-state index is 13.4. The number of benzene rings is 2. The molecule has 1 N–H and O–H groups in total. The zero-order valence-corrected chi connectivity index (χ0v) is 12.7. The van der Waals surface area contributed by atoms with Crippen LogP contribution in [0.25, 0.3) is 0 Å². The molecule has 2 aromatic carbocycles. The second-order valence-electron chi connectivity index (χ2n) is 5.12. The zero-order chi connectivity index (χ0) is 15.1. The second kappa shape index (κ2) is 5.32. The minimum atomic E-state index is -0.561. The number of carbonyl (C=O) groups is 1. The molecule has 0 aromatic heterocycles. The van der Waals surface area contributed by atoms with E-state index >= 15 is 0 Å². The highest BCUT2D eigenvalue weighted by molar-refractivity contribution is 6.33. The third-order valence-electron chi connectivity index (χ3n) is 3.64. The molecule has 0 spiro atoms. The largest absolute Gasteiger partial charge is 0.325 e. The Hall–Kier alpha value is -1.58. The predicted octanol–water partition coefficient (Wildman–Crippen LogP) is 4.61. The summed E-state index contributed by atoms with van der Waals surface area (Å²) in [6.45, 7) is 1.87. The Balaban J connectivity index is 2.06. The van der Waals surface area contributed by atoms with E-state index in [1.807, 2.05) is 13.0 Å². The van der Waals surface area contributed by atoms with Gasteiger partial charge in [-0.3, -0.25) is 4.79 Å². The summed E-state index contributed by atoms with van der Waals surface area (Å²) in [6.07, 6.45) is 0.311. The van der Waals surface area contributed by atoms with Crippen LogP contribution in [0.3, 0.4) is 0 Å². The second-order valence-corrected chi connectivity index (χ2v) is 5.96. The number of nitrogens with one attached hydrogen (secondary N) is 1. The first-order valence-electron chi connectivity index (χ1n) is 6.48. The zero-order valence-electron chi connectivity index (χ0n) is 11.2. The maximum absolute atomic E-state index is 13.4. The number of aryl methyl sites for hydroxylation is 1. The Labute approximate surface area is 131 Å². The monoisotopic (exact) mass is 323 g/mol.